The predicted molar refractivity (Wildman–Crippen MR) is 144 cm³/mol. The Balaban J connectivity index is 1.26. The summed E-state index contributed by atoms with van der Waals surface area (Å²) in [6.45, 7) is 3.28. The Kier molecular flexibility index (Phi) is 8.71. The number of carbonyl (C=O) groups is 3. The standard InChI is InChI=1S/C29H33N3O4S/c1-20(21-7-5-4-6-8-21)31(2)29(35)25-19-37-28(30-25)23-15-17-32(18-16-23)27(34)14-13-26(33)22-9-11-24(36-3)12-10-22/h4-12,19-20,23H,13-18H2,1-3H3. The Bertz CT molecular complexity index is 1220. The monoisotopic (exact) mass is 519 g/mol. The third-order valence-electron chi connectivity index (χ3n) is 7.10. The third-order valence-corrected chi connectivity index (χ3v) is 8.11. The normalized spacial score (nSPS) is 14.7. The molecule has 3 aromatic rings. The lowest BCUT2D eigenvalue weighted by atomic mass is 9.97. The van der Waals surface area contributed by atoms with Gasteiger partial charge in [0, 0.05) is 49.8 Å². The van der Waals surface area contributed by atoms with Gasteiger partial charge in [0.1, 0.15) is 11.4 Å². The number of likely N-dealkylation sites (tertiary alicyclic amines) is 1. The lowest BCUT2D eigenvalue weighted by molar-refractivity contribution is -0.132. The van der Waals surface area contributed by atoms with Crippen LogP contribution in [0.5, 0.6) is 5.75 Å². The van der Waals surface area contributed by atoms with Crippen LogP contribution in [0.2, 0.25) is 0 Å². The summed E-state index contributed by atoms with van der Waals surface area (Å²) in [5.41, 5.74) is 2.14. The molecule has 1 unspecified atom stereocenters. The number of methoxy groups -OCH3 is 1. The van der Waals surface area contributed by atoms with E-state index in [2.05, 4.69) is 4.98 Å². The van der Waals surface area contributed by atoms with Crippen LogP contribution in [-0.2, 0) is 4.79 Å². The van der Waals surface area contributed by atoms with E-state index in [1.807, 2.05) is 54.6 Å². The van der Waals surface area contributed by atoms with Crippen molar-refractivity contribution in [2.75, 3.05) is 27.2 Å². The van der Waals surface area contributed by atoms with Gasteiger partial charge >= 0.3 is 0 Å². The fourth-order valence-electron chi connectivity index (χ4n) is 4.56. The van der Waals surface area contributed by atoms with E-state index in [0.717, 1.165) is 23.4 Å². The minimum Gasteiger partial charge on any atom is -0.497 e. The number of hydrogen-bond donors (Lipinski definition) is 0. The molecule has 37 heavy (non-hydrogen) atoms. The minimum absolute atomic E-state index is 0.00633. The summed E-state index contributed by atoms with van der Waals surface area (Å²) in [6, 6.07) is 16.8. The Morgan fingerprint density at radius 1 is 1.05 bits per heavy atom. The van der Waals surface area contributed by atoms with Gasteiger partial charge in [-0.2, -0.15) is 0 Å². The van der Waals surface area contributed by atoms with Crippen LogP contribution in [0.15, 0.2) is 60.0 Å². The fraction of sp³-hybridized carbons (Fsp3) is 0.379. The Morgan fingerprint density at radius 3 is 2.38 bits per heavy atom. The number of hydrogen-bond acceptors (Lipinski definition) is 6. The highest BCUT2D eigenvalue weighted by Crippen LogP contribution is 2.31. The van der Waals surface area contributed by atoms with Gasteiger partial charge < -0.3 is 14.5 Å². The largest absolute Gasteiger partial charge is 0.497 e. The molecule has 194 valence electrons. The predicted octanol–water partition coefficient (Wildman–Crippen LogP) is 5.35. The van der Waals surface area contributed by atoms with Gasteiger partial charge in [-0.1, -0.05) is 30.3 Å². The number of aromatic nitrogens is 1. The number of carbonyl (C=O) groups excluding carboxylic acids is 3. The van der Waals surface area contributed by atoms with E-state index in [-0.39, 0.29) is 42.4 Å². The molecule has 0 bridgehead atoms. The molecular formula is C29H33N3O4S. The van der Waals surface area contributed by atoms with Crippen molar-refractivity contribution in [1.29, 1.82) is 0 Å². The molecule has 1 saturated heterocycles. The summed E-state index contributed by atoms with van der Waals surface area (Å²) >= 11 is 1.52. The highest BCUT2D eigenvalue weighted by atomic mass is 32.1. The summed E-state index contributed by atoms with van der Waals surface area (Å²) in [5.74, 6) is 0.798. The zero-order valence-corrected chi connectivity index (χ0v) is 22.4. The second kappa shape index (κ2) is 12.1. The first-order valence-corrected chi connectivity index (χ1v) is 13.5. The van der Waals surface area contributed by atoms with Crippen molar-refractivity contribution in [1.82, 2.24) is 14.8 Å². The highest BCUT2D eigenvalue weighted by Gasteiger charge is 2.28. The first kappa shape index (κ1) is 26.5. The van der Waals surface area contributed by atoms with E-state index >= 15 is 0 Å². The van der Waals surface area contributed by atoms with Gasteiger partial charge in [-0.25, -0.2) is 4.98 Å². The zero-order valence-electron chi connectivity index (χ0n) is 21.6. The number of ketones is 1. The number of thiazole rings is 1. The zero-order chi connectivity index (χ0) is 26.4. The maximum atomic E-state index is 13.0. The molecule has 1 aromatic heterocycles. The minimum atomic E-state index is -0.0898. The average Bonchev–Trinajstić information content (AvgIpc) is 3.45. The Morgan fingerprint density at radius 2 is 1.73 bits per heavy atom. The molecule has 2 heterocycles. The van der Waals surface area contributed by atoms with Gasteiger partial charge in [0.05, 0.1) is 18.2 Å². The van der Waals surface area contributed by atoms with E-state index in [9.17, 15) is 14.4 Å². The number of piperidine rings is 1. The van der Waals surface area contributed by atoms with Gasteiger partial charge in [0.15, 0.2) is 5.78 Å². The van der Waals surface area contributed by atoms with E-state index in [0.29, 0.717) is 30.1 Å². The van der Waals surface area contributed by atoms with E-state index in [1.165, 1.54) is 11.3 Å². The summed E-state index contributed by atoms with van der Waals surface area (Å²) in [5, 5.41) is 2.79. The van der Waals surface area contributed by atoms with Crippen LogP contribution in [0.4, 0.5) is 0 Å². The molecule has 0 spiro atoms. The van der Waals surface area contributed by atoms with Gasteiger partial charge in [-0.15, -0.1) is 11.3 Å². The summed E-state index contributed by atoms with van der Waals surface area (Å²) in [7, 11) is 3.39. The third kappa shape index (κ3) is 6.43. The number of nitrogens with zero attached hydrogens (tertiary/aromatic N) is 3. The van der Waals surface area contributed by atoms with Crippen molar-refractivity contribution >= 4 is 28.9 Å². The quantitative estimate of drug-likeness (QED) is 0.356. The number of ether oxygens (including phenoxy) is 1. The molecular weight excluding hydrogens is 486 g/mol. The van der Waals surface area contributed by atoms with E-state index < -0.39 is 0 Å². The van der Waals surface area contributed by atoms with Crippen molar-refractivity contribution < 1.29 is 19.1 Å². The summed E-state index contributed by atoms with van der Waals surface area (Å²) in [6.07, 6.45) is 2.00. The maximum Gasteiger partial charge on any atom is 0.273 e. The van der Waals surface area contributed by atoms with Gasteiger partial charge in [0.25, 0.3) is 5.91 Å². The fourth-order valence-corrected chi connectivity index (χ4v) is 5.53. The van der Waals surface area contributed by atoms with Crippen molar-refractivity contribution in [3.05, 3.63) is 81.8 Å². The topological polar surface area (TPSA) is 79.8 Å². The van der Waals surface area contributed by atoms with Crippen LogP contribution in [0.25, 0.3) is 0 Å². The average molecular weight is 520 g/mol. The Labute approximate surface area is 222 Å². The van der Waals surface area contributed by atoms with E-state index in [1.54, 1.807) is 36.3 Å². The van der Waals surface area contributed by atoms with Crippen LogP contribution in [-0.4, -0.2) is 59.6 Å². The van der Waals surface area contributed by atoms with Crippen LogP contribution >= 0.6 is 11.3 Å². The van der Waals surface area contributed by atoms with E-state index in [4.69, 9.17) is 4.74 Å². The second-order valence-corrected chi connectivity index (χ2v) is 10.3. The summed E-state index contributed by atoms with van der Waals surface area (Å²) in [4.78, 5) is 46.4. The molecule has 0 radical (unpaired) electrons. The smallest absolute Gasteiger partial charge is 0.273 e. The SMILES string of the molecule is COc1ccc(C(=O)CCC(=O)N2CCC(c3nc(C(=O)N(C)C(C)c4ccccc4)cs3)CC2)cc1. The maximum absolute atomic E-state index is 13.0. The second-order valence-electron chi connectivity index (χ2n) is 9.38. The van der Waals surface area contributed by atoms with Crippen LogP contribution in [0.3, 0.4) is 0 Å². The lowest BCUT2D eigenvalue weighted by Crippen LogP contribution is -2.38. The lowest BCUT2D eigenvalue weighted by Gasteiger charge is -2.31. The molecule has 1 aliphatic rings. The van der Waals surface area contributed by atoms with Crippen molar-refractivity contribution in [2.45, 2.75) is 44.6 Å². The van der Waals surface area contributed by atoms with Gasteiger partial charge in [0.2, 0.25) is 5.91 Å². The van der Waals surface area contributed by atoms with Crippen LogP contribution < -0.4 is 4.74 Å². The Hall–Kier alpha value is -3.52. The molecule has 0 N–H and O–H groups in total. The van der Waals surface area contributed by atoms with Crippen LogP contribution in [0.1, 0.15) is 76.0 Å². The van der Waals surface area contributed by atoms with Crippen molar-refractivity contribution in [3.8, 4) is 5.75 Å². The molecule has 0 saturated carbocycles. The molecule has 1 aliphatic heterocycles. The van der Waals surface area contributed by atoms with Gasteiger partial charge in [-0.05, 0) is 49.6 Å². The molecule has 2 aromatic carbocycles. The number of rotatable bonds is 9. The molecule has 1 atom stereocenters. The molecule has 0 aliphatic carbocycles. The van der Waals surface area contributed by atoms with Crippen molar-refractivity contribution in [2.24, 2.45) is 0 Å². The molecule has 2 amide bonds. The molecule has 7 nitrogen and oxygen atoms in total. The first-order chi connectivity index (χ1) is 17.9. The highest BCUT2D eigenvalue weighted by molar-refractivity contribution is 7.09. The van der Waals surface area contributed by atoms with Gasteiger partial charge in [-0.3, -0.25) is 14.4 Å². The first-order valence-electron chi connectivity index (χ1n) is 12.6. The molecule has 8 heteroatoms. The number of Topliss-reactive ketones (excluding diaryl/α,β-unsaturated/α-hetero) is 1. The number of benzene rings is 2. The molecule has 1 fully saturated rings. The summed E-state index contributed by atoms with van der Waals surface area (Å²) < 4.78 is 5.12. The number of amides is 2. The van der Waals surface area contributed by atoms with Crippen LogP contribution in [0, 0.1) is 0 Å². The molecule has 4 rings (SSSR count). The van der Waals surface area contributed by atoms with Crippen molar-refractivity contribution in [3.63, 3.8) is 0 Å².